The highest BCUT2D eigenvalue weighted by molar-refractivity contribution is 7.99. The standard InChI is InChI=1S/C17H20N2O4S/c1-9-4-3-5-13(10(9)2)18-15(20)14-7-24-8-19(14)16(21)11-6-12(11)17(22)23/h3-5,11-12,14H,6-8H2,1-2H3,(H,18,20)(H,22,23). The van der Waals surface area contributed by atoms with Crippen molar-refractivity contribution in [1.82, 2.24) is 4.90 Å². The molecule has 3 atom stereocenters. The van der Waals surface area contributed by atoms with Crippen LogP contribution in [0.5, 0.6) is 0 Å². The van der Waals surface area contributed by atoms with Gasteiger partial charge in [0.15, 0.2) is 0 Å². The number of benzene rings is 1. The average Bonchev–Trinajstić information content (AvgIpc) is 3.20. The van der Waals surface area contributed by atoms with Crippen LogP contribution in [0, 0.1) is 25.7 Å². The van der Waals surface area contributed by atoms with Gasteiger partial charge >= 0.3 is 5.97 Å². The summed E-state index contributed by atoms with van der Waals surface area (Å²) >= 11 is 1.52. The van der Waals surface area contributed by atoms with Crippen LogP contribution in [0.2, 0.25) is 0 Å². The van der Waals surface area contributed by atoms with Gasteiger partial charge < -0.3 is 15.3 Å². The first-order valence-electron chi connectivity index (χ1n) is 7.88. The van der Waals surface area contributed by atoms with Crippen molar-refractivity contribution in [2.75, 3.05) is 16.9 Å². The van der Waals surface area contributed by atoms with E-state index in [1.165, 1.54) is 16.7 Å². The summed E-state index contributed by atoms with van der Waals surface area (Å²) in [7, 11) is 0. The number of aliphatic carboxylic acids is 1. The lowest BCUT2D eigenvalue weighted by Gasteiger charge is -2.23. The molecule has 1 aromatic carbocycles. The third-order valence-electron chi connectivity index (χ3n) is 4.76. The van der Waals surface area contributed by atoms with Crippen LogP contribution in [0.25, 0.3) is 0 Å². The zero-order chi connectivity index (χ0) is 17.4. The third-order valence-corrected chi connectivity index (χ3v) is 5.77. The SMILES string of the molecule is Cc1cccc(NC(=O)C2CSCN2C(=O)C2CC2C(=O)O)c1C. The van der Waals surface area contributed by atoms with E-state index >= 15 is 0 Å². The molecule has 1 saturated carbocycles. The number of anilines is 1. The number of carbonyl (C=O) groups is 3. The number of hydrogen-bond donors (Lipinski definition) is 2. The van der Waals surface area contributed by atoms with Crippen LogP contribution in [-0.4, -0.2) is 45.5 Å². The molecule has 3 unspecified atom stereocenters. The summed E-state index contributed by atoms with van der Waals surface area (Å²) in [5.41, 5.74) is 2.84. The number of nitrogens with zero attached hydrogens (tertiary/aromatic N) is 1. The second-order valence-corrected chi connectivity index (χ2v) is 7.35. The van der Waals surface area contributed by atoms with Crippen molar-refractivity contribution in [2.45, 2.75) is 26.3 Å². The molecule has 3 rings (SSSR count). The maximum absolute atomic E-state index is 12.6. The van der Waals surface area contributed by atoms with Gasteiger partial charge in [0, 0.05) is 11.4 Å². The minimum absolute atomic E-state index is 0.213. The quantitative estimate of drug-likeness (QED) is 0.867. The van der Waals surface area contributed by atoms with Crippen LogP contribution in [0.3, 0.4) is 0 Å². The van der Waals surface area contributed by atoms with Gasteiger partial charge in [-0.15, -0.1) is 11.8 Å². The summed E-state index contributed by atoms with van der Waals surface area (Å²) in [6, 6.07) is 5.16. The first-order valence-corrected chi connectivity index (χ1v) is 9.03. The summed E-state index contributed by atoms with van der Waals surface area (Å²) < 4.78 is 0. The Morgan fingerprint density at radius 2 is 2.00 bits per heavy atom. The van der Waals surface area contributed by atoms with Crippen LogP contribution < -0.4 is 5.32 Å². The fourth-order valence-corrected chi connectivity index (χ4v) is 4.10. The van der Waals surface area contributed by atoms with Crippen LogP contribution in [0.1, 0.15) is 17.5 Å². The Morgan fingerprint density at radius 3 is 2.67 bits per heavy atom. The lowest BCUT2D eigenvalue weighted by atomic mass is 10.1. The van der Waals surface area contributed by atoms with Gasteiger partial charge in [-0.3, -0.25) is 14.4 Å². The zero-order valence-electron chi connectivity index (χ0n) is 13.6. The Morgan fingerprint density at radius 1 is 1.25 bits per heavy atom. The largest absolute Gasteiger partial charge is 0.481 e. The molecule has 1 aliphatic heterocycles. The van der Waals surface area contributed by atoms with Crippen molar-refractivity contribution in [1.29, 1.82) is 0 Å². The summed E-state index contributed by atoms with van der Waals surface area (Å²) in [6.45, 7) is 3.92. The molecule has 2 fully saturated rings. The van der Waals surface area contributed by atoms with Gasteiger partial charge in [-0.25, -0.2) is 0 Å². The van der Waals surface area contributed by atoms with E-state index in [9.17, 15) is 14.4 Å². The molecule has 6 nitrogen and oxygen atoms in total. The Kier molecular flexibility index (Phi) is 4.54. The Bertz CT molecular complexity index is 706. The number of rotatable bonds is 4. The third kappa shape index (κ3) is 3.13. The van der Waals surface area contributed by atoms with Crippen molar-refractivity contribution >= 4 is 35.2 Å². The van der Waals surface area contributed by atoms with Crippen LogP contribution >= 0.6 is 11.8 Å². The number of carboxylic acids is 1. The molecule has 7 heteroatoms. The summed E-state index contributed by atoms with van der Waals surface area (Å²) in [6.07, 6.45) is 0.376. The highest BCUT2D eigenvalue weighted by Gasteiger charge is 2.52. The molecule has 0 aromatic heterocycles. The van der Waals surface area contributed by atoms with E-state index in [0.29, 0.717) is 18.1 Å². The number of thioether (sulfide) groups is 1. The molecule has 1 aliphatic carbocycles. The van der Waals surface area contributed by atoms with Gasteiger partial charge in [-0.05, 0) is 37.5 Å². The van der Waals surface area contributed by atoms with Crippen molar-refractivity contribution in [3.05, 3.63) is 29.3 Å². The molecule has 2 amide bonds. The molecular formula is C17H20N2O4S. The molecular weight excluding hydrogens is 328 g/mol. The Hall–Kier alpha value is -2.02. The topological polar surface area (TPSA) is 86.7 Å². The smallest absolute Gasteiger partial charge is 0.307 e. The predicted molar refractivity (Wildman–Crippen MR) is 91.7 cm³/mol. The number of aryl methyl sites for hydroxylation is 1. The number of nitrogens with one attached hydrogen (secondary N) is 1. The lowest BCUT2D eigenvalue weighted by Crippen LogP contribution is -2.45. The highest BCUT2D eigenvalue weighted by atomic mass is 32.2. The monoisotopic (exact) mass is 348 g/mol. The highest BCUT2D eigenvalue weighted by Crippen LogP contribution is 2.41. The number of amides is 2. The molecule has 128 valence electrons. The maximum atomic E-state index is 12.6. The predicted octanol–water partition coefficient (Wildman–Crippen LogP) is 1.86. The minimum atomic E-state index is -0.934. The van der Waals surface area contributed by atoms with E-state index in [1.807, 2.05) is 32.0 Å². The Balaban J connectivity index is 1.69. The van der Waals surface area contributed by atoms with E-state index < -0.39 is 23.8 Å². The molecule has 0 spiro atoms. The Labute approximate surface area is 144 Å². The number of carbonyl (C=O) groups excluding carboxylic acids is 2. The molecule has 1 saturated heterocycles. The maximum Gasteiger partial charge on any atom is 0.307 e. The van der Waals surface area contributed by atoms with Gasteiger partial charge in [0.05, 0.1) is 17.7 Å². The first-order chi connectivity index (χ1) is 11.4. The van der Waals surface area contributed by atoms with Crippen LogP contribution in [0.4, 0.5) is 5.69 Å². The molecule has 0 bridgehead atoms. The van der Waals surface area contributed by atoms with E-state index in [4.69, 9.17) is 5.11 Å². The zero-order valence-corrected chi connectivity index (χ0v) is 14.4. The fourth-order valence-electron chi connectivity index (χ4n) is 2.93. The lowest BCUT2D eigenvalue weighted by molar-refractivity contribution is -0.142. The van der Waals surface area contributed by atoms with Crippen LogP contribution in [0.15, 0.2) is 18.2 Å². The van der Waals surface area contributed by atoms with Crippen molar-refractivity contribution in [3.63, 3.8) is 0 Å². The molecule has 0 radical (unpaired) electrons. The summed E-state index contributed by atoms with van der Waals surface area (Å²) in [5, 5.41) is 11.9. The number of hydrogen-bond acceptors (Lipinski definition) is 4. The van der Waals surface area contributed by atoms with E-state index in [0.717, 1.165) is 16.8 Å². The molecule has 1 aromatic rings. The van der Waals surface area contributed by atoms with E-state index in [1.54, 1.807) is 0 Å². The van der Waals surface area contributed by atoms with E-state index in [2.05, 4.69) is 5.32 Å². The van der Waals surface area contributed by atoms with Gasteiger partial charge in [0.2, 0.25) is 11.8 Å². The average molecular weight is 348 g/mol. The first kappa shape index (κ1) is 16.8. The second kappa shape index (κ2) is 6.47. The fraction of sp³-hybridized carbons (Fsp3) is 0.471. The van der Waals surface area contributed by atoms with Gasteiger partial charge in [0.25, 0.3) is 0 Å². The second-order valence-electron chi connectivity index (χ2n) is 6.35. The van der Waals surface area contributed by atoms with Crippen LogP contribution in [-0.2, 0) is 14.4 Å². The normalized spacial score (nSPS) is 25.4. The van der Waals surface area contributed by atoms with Gasteiger partial charge in [0.1, 0.15) is 6.04 Å². The molecule has 2 N–H and O–H groups in total. The van der Waals surface area contributed by atoms with Crippen molar-refractivity contribution in [3.8, 4) is 0 Å². The molecule has 1 heterocycles. The van der Waals surface area contributed by atoms with Crippen molar-refractivity contribution < 1.29 is 19.5 Å². The van der Waals surface area contributed by atoms with Gasteiger partial charge in [-0.1, -0.05) is 12.1 Å². The summed E-state index contributed by atoms with van der Waals surface area (Å²) in [4.78, 5) is 37.6. The van der Waals surface area contributed by atoms with E-state index in [-0.39, 0.29) is 11.8 Å². The molecule has 24 heavy (non-hydrogen) atoms. The molecule has 2 aliphatic rings. The van der Waals surface area contributed by atoms with Gasteiger partial charge in [-0.2, -0.15) is 0 Å². The minimum Gasteiger partial charge on any atom is -0.481 e. The van der Waals surface area contributed by atoms with Crippen molar-refractivity contribution in [2.24, 2.45) is 11.8 Å². The summed E-state index contributed by atoms with van der Waals surface area (Å²) in [5.74, 6) is -1.46. The number of carboxylic acid groups (broad SMARTS) is 1.